The van der Waals surface area contributed by atoms with Gasteiger partial charge in [0.2, 0.25) is 5.91 Å². The molecule has 27 heavy (non-hydrogen) atoms. The summed E-state index contributed by atoms with van der Waals surface area (Å²) < 4.78 is 5.26. The van der Waals surface area contributed by atoms with Crippen LogP contribution in [-0.4, -0.2) is 29.3 Å². The molecular weight excluding hydrogens is 346 g/mol. The number of furan rings is 1. The van der Waals surface area contributed by atoms with E-state index in [9.17, 15) is 14.4 Å². The minimum absolute atomic E-state index is 0.0128. The SMILES string of the molecule is CC(C)(C)c1ccc(NC(=O)CN2C(=O)NC(C)(c3ccco3)C2=O)cc1. The highest BCUT2D eigenvalue weighted by Gasteiger charge is 2.51. The minimum Gasteiger partial charge on any atom is -0.466 e. The lowest BCUT2D eigenvalue weighted by molar-refractivity contribution is -0.134. The Kier molecular flexibility index (Phi) is 4.55. The van der Waals surface area contributed by atoms with Crippen LogP contribution in [0.3, 0.4) is 0 Å². The van der Waals surface area contributed by atoms with Crippen molar-refractivity contribution in [1.29, 1.82) is 0 Å². The average Bonchev–Trinajstić information content (AvgIpc) is 3.19. The lowest BCUT2D eigenvalue weighted by Crippen LogP contribution is -2.41. The lowest BCUT2D eigenvalue weighted by Gasteiger charge is -2.20. The van der Waals surface area contributed by atoms with Gasteiger partial charge >= 0.3 is 6.03 Å². The zero-order valence-corrected chi connectivity index (χ0v) is 15.8. The van der Waals surface area contributed by atoms with Gasteiger partial charge in [0.15, 0.2) is 5.54 Å². The molecule has 1 aliphatic rings. The van der Waals surface area contributed by atoms with Gasteiger partial charge in [-0.1, -0.05) is 32.9 Å². The second-order valence-corrected chi connectivity index (χ2v) is 7.80. The maximum atomic E-state index is 12.7. The zero-order chi connectivity index (χ0) is 19.8. The molecule has 1 fully saturated rings. The minimum atomic E-state index is -1.31. The maximum absolute atomic E-state index is 12.7. The van der Waals surface area contributed by atoms with E-state index < -0.39 is 23.4 Å². The number of benzene rings is 1. The van der Waals surface area contributed by atoms with Crippen LogP contribution in [-0.2, 0) is 20.5 Å². The number of rotatable bonds is 4. The summed E-state index contributed by atoms with van der Waals surface area (Å²) in [6.07, 6.45) is 1.43. The molecule has 1 saturated heterocycles. The first-order valence-electron chi connectivity index (χ1n) is 8.70. The Labute approximate surface area is 157 Å². The number of nitrogens with one attached hydrogen (secondary N) is 2. The van der Waals surface area contributed by atoms with Gasteiger partial charge in [-0.05, 0) is 42.2 Å². The summed E-state index contributed by atoms with van der Waals surface area (Å²) in [5.41, 5.74) is 0.450. The zero-order valence-electron chi connectivity index (χ0n) is 15.8. The van der Waals surface area contributed by atoms with Crippen LogP contribution in [0.2, 0.25) is 0 Å². The number of nitrogens with zero attached hydrogens (tertiary/aromatic N) is 1. The van der Waals surface area contributed by atoms with E-state index in [-0.39, 0.29) is 12.0 Å². The summed E-state index contributed by atoms with van der Waals surface area (Å²) in [6, 6.07) is 10.1. The lowest BCUT2D eigenvalue weighted by atomic mass is 9.87. The molecule has 1 unspecified atom stereocenters. The molecule has 1 aromatic heterocycles. The first kappa shape index (κ1) is 18.7. The summed E-state index contributed by atoms with van der Waals surface area (Å²) >= 11 is 0. The molecule has 2 N–H and O–H groups in total. The van der Waals surface area contributed by atoms with E-state index in [0.717, 1.165) is 10.5 Å². The highest BCUT2D eigenvalue weighted by atomic mass is 16.3. The van der Waals surface area contributed by atoms with Gasteiger partial charge in [0.05, 0.1) is 6.26 Å². The largest absolute Gasteiger partial charge is 0.466 e. The number of carbonyl (C=O) groups excluding carboxylic acids is 3. The maximum Gasteiger partial charge on any atom is 0.325 e. The summed E-state index contributed by atoms with van der Waals surface area (Å²) in [5, 5.41) is 5.30. The van der Waals surface area contributed by atoms with Gasteiger partial charge in [0.25, 0.3) is 5.91 Å². The van der Waals surface area contributed by atoms with Gasteiger partial charge < -0.3 is 15.1 Å². The molecule has 1 atom stereocenters. The number of amides is 4. The van der Waals surface area contributed by atoms with Crippen LogP contribution < -0.4 is 10.6 Å². The second-order valence-electron chi connectivity index (χ2n) is 7.80. The van der Waals surface area contributed by atoms with Gasteiger partial charge in [-0.15, -0.1) is 0 Å². The van der Waals surface area contributed by atoms with E-state index in [2.05, 4.69) is 31.4 Å². The van der Waals surface area contributed by atoms with Crippen molar-refractivity contribution in [2.24, 2.45) is 0 Å². The number of carbonyl (C=O) groups is 3. The second kappa shape index (κ2) is 6.57. The fraction of sp³-hybridized carbons (Fsp3) is 0.350. The van der Waals surface area contributed by atoms with Crippen molar-refractivity contribution >= 4 is 23.5 Å². The van der Waals surface area contributed by atoms with Crippen molar-refractivity contribution in [2.75, 3.05) is 11.9 Å². The molecule has 2 aromatic rings. The van der Waals surface area contributed by atoms with Gasteiger partial charge in [-0.3, -0.25) is 14.5 Å². The number of anilines is 1. The van der Waals surface area contributed by atoms with Crippen LogP contribution in [0.25, 0.3) is 0 Å². The van der Waals surface area contributed by atoms with E-state index in [1.165, 1.54) is 6.26 Å². The van der Waals surface area contributed by atoms with Crippen LogP contribution in [0.5, 0.6) is 0 Å². The Bertz CT molecular complexity index is 866. The molecular formula is C20H23N3O4. The molecule has 0 saturated carbocycles. The molecule has 7 heteroatoms. The highest BCUT2D eigenvalue weighted by molar-refractivity contribution is 6.10. The Morgan fingerprint density at radius 1 is 1.19 bits per heavy atom. The van der Waals surface area contributed by atoms with Crippen molar-refractivity contribution < 1.29 is 18.8 Å². The Morgan fingerprint density at radius 3 is 2.41 bits per heavy atom. The van der Waals surface area contributed by atoms with Crippen LogP contribution >= 0.6 is 0 Å². The monoisotopic (exact) mass is 369 g/mol. The van der Waals surface area contributed by atoms with E-state index in [0.29, 0.717) is 11.4 Å². The molecule has 0 bridgehead atoms. The van der Waals surface area contributed by atoms with Crippen molar-refractivity contribution in [3.05, 3.63) is 54.0 Å². The van der Waals surface area contributed by atoms with E-state index in [1.807, 2.05) is 12.1 Å². The van der Waals surface area contributed by atoms with Crippen molar-refractivity contribution in [2.45, 2.75) is 38.6 Å². The molecule has 0 spiro atoms. The fourth-order valence-corrected chi connectivity index (χ4v) is 2.97. The number of hydrogen-bond acceptors (Lipinski definition) is 4. The molecule has 0 radical (unpaired) electrons. The van der Waals surface area contributed by atoms with E-state index in [1.54, 1.807) is 31.2 Å². The van der Waals surface area contributed by atoms with Crippen molar-refractivity contribution in [3.8, 4) is 0 Å². The summed E-state index contributed by atoms with van der Waals surface area (Å²) in [7, 11) is 0. The molecule has 1 aromatic carbocycles. The van der Waals surface area contributed by atoms with E-state index in [4.69, 9.17) is 4.42 Å². The first-order valence-corrected chi connectivity index (χ1v) is 8.70. The van der Waals surface area contributed by atoms with Gasteiger partial charge in [-0.2, -0.15) is 0 Å². The molecule has 4 amide bonds. The normalized spacial score (nSPS) is 19.9. The fourth-order valence-electron chi connectivity index (χ4n) is 2.97. The smallest absolute Gasteiger partial charge is 0.325 e. The molecule has 0 aliphatic carbocycles. The van der Waals surface area contributed by atoms with Crippen LogP contribution in [0.15, 0.2) is 47.1 Å². The quantitative estimate of drug-likeness (QED) is 0.811. The van der Waals surface area contributed by atoms with Gasteiger partial charge in [0, 0.05) is 5.69 Å². The third-order valence-electron chi connectivity index (χ3n) is 4.63. The van der Waals surface area contributed by atoms with Crippen LogP contribution in [0.4, 0.5) is 10.5 Å². The third kappa shape index (κ3) is 3.58. The molecule has 2 heterocycles. The predicted molar refractivity (Wildman–Crippen MR) is 100 cm³/mol. The van der Waals surface area contributed by atoms with Gasteiger partial charge in [0.1, 0.15) is 12.3 Å². The van der Waals surface area contributed by atoms with Gasteiger partial charge in [-0.25, -0.2) is 4.79 Å². The number of hydrogen-bond donors (Lipinski definition) is 2. The molecule has 3 rings (SSSR count). The van der Waals surface area contributed by atoms with Crippen LogP contribution in [0, 0.1) is 0 Å². The predicted octanol–water partition coefficient (Wildman–Crippen LogP) is 2.98. The number of imide groups is 1. The Hall–Kier alpha value is -3.09. The third-order valence-corrected chi connectivity index (χ3v) is 4.63. The Morgan fingerprint density at radius 2 is 1.85 bits per heavy atom. The van der Waals surface area contributed by atoms with Crippen molar-refractivity contribution in [1.82, 2.24) is 10.2 Å². The summed E-state index contributed by atoms with van der Waals surface area (Å²) in [5.74, 6) is -0.659. The molecule has 1 aliphatic heterocycles. The van der Waals surface area contributed by atoms with Crippen LogP contribution in [0.1, 0.15) is 39.0 Å². The number of urea groups is 1. The Balaban J connectivity index is 1.67. The first-order chi connectivity index (χ1) is 12.6. The topological polar surface area (TPSA) is 91.7 Å². The standard InChI is InChI=1S/C20H23N3O4/c1-19(2,3)13-7-9-14(10-8-13)21-16(24)12-23-17(25)20(4,22-18(23)26)15-6-5-11-27-15/h5-11H,12H2,1-4H3,(H,21,24)(H,22,26). The highest BCUT2D eigenvalue weighted by Crippen LogP contribution is 2.29. The summed E-state index contributed by atoms with van der Waals surface area (Å²) in [6.45, 7) is 7.49. The molecule has 142 valence electrons. The summed E-state index contributed by atoms with van der Waals surface area (Å²) in [4.78, 5) is 38.1. The molecule has 7 nitrogen and oxygen atoms in total. The van der Waals surface area contributed by atoms with Crippen molar-refractivity contribution in [3.63, 3.8) is 0 Å². The van der Waals surface area contributed by atoms with E-state index >= 15 is 0 Å². The average molecular weight is 369 g/mol.